The van der Waals surface area contributed by atoms with Gasteiger partial charge in [-0.25, -0.2) is 0 Å². The van der Waals surface area contributed by atoms with Gasteiger partial charge < -0.3 is 4.52 Å². The molecule has 0 aliphatic rings. The second-order valence-electron chi connectivity index (χ2n) is 7.08. The van der Waals surface area contributed by atoms with Gasteiger partial charge in [0, 0.05) is 13.0 Å². The van der Waals surface area contributed by atoms with Gasteiger partial charge in [-0.05, 0) is 24.5 Å². The molecule has 3 aromatic heterocycles. The Morgan fingerprint density at radius 1 is 1.21 bits per heavy atom. The van der Waals surface area contributed by atoms with E-state index in [0.29, 0.717) is 46.3 Å². The minimum Gasteiger partial charge on any atom is -0.339 e. The number of aryl methyl sites for hydroxylation is 1. The quantitative estimate of drug-likeness (QED) is 0.441. The van der Waals surface area contributed by atoms with Crippen LogP contribution in [0, 0.1) is 5.92 Å². The lowest BCUT2D eigenvalue weighted by Crippen LogP contribution is -2.23. The van der Waals surface area contributed by atoms with E-state index in [9.17, 15) is 4.79 Å². The topological polar surface area (TPSA) is 91.1 Å². The van der Waals surface area contributed by atoms with Crippen LogP contribution in [0.5, 0.6) is 0 Å². The number of benzene rings is 1. The molecule has 1 aromatic carbocycles. The van der Waals surface area contributed by atoms with Crippen molar-refractivity contribution in [2.24, 2.45) is 5.92 Å². The lowest BCUT2D eigenvalue weighted by molar-refractivity contribution is 0.360. The van der Waals surface area contributed by atoms with Crippen LogP contribution in [-0.2, 0) is 18.7 Å². The number of nitrogens with zero attached hydrogens (tertiary/aromatic N) is 6. The van der Waals surface area contributed by atoms with Crippen molar-refractivity contribution in [3.63, 3.8) is 0 Å². The summed E-state index contributed by atoms with van der Waals surface area (Å²) in [5.74, 6) is 2.82. The highest BCUT2D eigenvalue weighted by atomic mass is 32.2. The van der Waals surface area contributed by atoms with Crippen molar-refractivity contribution in [3.05, 3.63) is 46.3 Å². The van der Waals surface area contributed by atoms with Gasteiger partial charge in [0.1, 0.15) is 0 Å². The highest BCUT2D eigenvalue weighted by molar-refractivity contribution is 7.98. The van der Waals surface area contributed by atoms with Crippen molar-refractivity contribution >= 4 is 28.4 Å². The van der Waals surface area contributed by atoms with Gasteiger partial charge in [-0.3, -0.25) is 13.8 Å². The first-order valence-corrected chi connectivity index (χ1v) is 10.4. The van der Waals surface area contributed by atoms with Crippen LogP contribution >= 0.6 is 11.8 Å². The summed E-state index contributed by atoms with van der Waals surface area (Å²) in [6, 6.07) is 7.55. The molecule has 0 amide bonds. The third-order valence-corrected chi connectivity index (χ3v) is 5.27. The van der Waals surface area contributed by atoms with Crippen LogP contribution < -0.4 is 5.56 Å². The molecule has 28 heavy (non-hydrogen) atoms. The molecule has 0 atom stereocenters. The van der Waals surface area contributed by atoms with Gasteiger partial charge in [0.25, 0.3) is 5.56 Å². The zero-order valence-electron chi connectivity index (χ0n) is 16.1. The Morgan fingerprint density at radius 2 is 2.04 bits per heavy atom. The SMILES string of the molecule is CCCn1c(=O)c2ccccc2n2c(SCc3noc(CC(C)C)n3)nnc12. The fourth-order valence-corrected chi connectivity index (χ4v) is 3.95. The number of hydrogen-bond acceptors (Lipinski definition) is 7. The molecule has 0 unspecified atom stereocenters. The lowest BCUT2D eigenvalue weighted by Gasteiger charge is -2.10. The first-order chi connectivity index (χ1) is 13.6. The van der Waals surface area contributed by atoms with Gasteiger partial charge in [0.2, 0.25) is 11.7 Å². The molecule has 0 spiro atoms. The Kier molecular flexibility index (Phi) is 5.17. The summed E-state index contributed by atoms with van der Waals surface area (Å²) in [5.41, 5.74) is 0.765. The minimum absolute atomic E-state index is 0.0367. The van der Waals surface area contributed by atoms with Gasteiger partial charge in [-0.15, -0.1) is 10.2 Å². The van der Waals surface area contributed by atoms with Crippen molar-refractivity contribution in [2.75, 3.05) is 0 Å². The highest BCUT2D eigenvalue weighted by Crippen LogP contribution is 2.24. The van der Waals surface area contributed by atoms with E-state index in [2.05, 4.69) is 34.2 Å². The lowest BCUT2D eigenvalue weighted by atomic mass is 10.1. The van der Waals surface area contributed by atoms with E-state index >= 15 is 0 Å². The standard InChI is InChI=1S/C19H22N6O2S/c1-4-9-24-17(26)13-7-5-6-8-14(13)25-18(24)21-22-19(25)28-11-15-20-16(27-23-15)10-12(2)3/h5-8,12H,4,9-11H2,1-3H3. The normalized spacial score (nSPS) is 11.9. The van der Waals surface area contributed by atoms with Crippen LogP contribution in [0.2, 0.25) is 0 Å². The molecular weight excluding hydrogens is 376 g/mol. The summed E-state index contributed by atoms with van der Waals surface area (Å²) in [6.45, 7) is 6.86. The first kappa shape index (κ1) is 18.7. The summed E-state index contributed by atoms with van der Waals surface area (Å²) in [5, 5.41) is 14.0. The van der Waals surface area contributed by atoms with Gasteiger partial charge in [0.05, 0.1) is 16.7 Å². The van der Waals surface area contributed by atoms with Crippen LogP contribution in [0.25, 0.3) is 16.7 Å². The second kappa shape index (κ2) is 7.75. The fourth-order valence-electron chi connectivity index (χ4n) is 3.16. The number of para-hydroxylation sites is 1. The zero-order valence-corrected chi connectivity index (χ0v) is 16.9. The summed E-state index contributed by atoms with van der Waals surface area (Å²) in [4.78, 5) is 17.3. The van der Waals surface area contributed by atoms with Gasteiger partial charge in [-0.1, -0.05) is 49.8 Å². The van der Waals surface area contributed by atoms with Crippen LogP contribution in [-0.4, -0.2) is 29.3 Å². The number of hydrogen-bond donors (Lipinski definition) is 0. The second-order valence-corrected chi connectivity index (χ2v) is 8.03. The Morgan fingerprint density at radius 3 is 2.82 bits per heavy atom. The monoisotopic (exact) mass is 398 g/mol. The molecular formula is C19H22N6O2S. The Balaban J connectivity index is 1.72. The van der Waals surface area contributed by atoms with Crippen LogP contribution in [0.4, 0.5) is 0 Å². The molecule has 9 heteroatoms. The van der Waals surface area contributed by atoms with Crippen molar-refractivity contribution in [1.82, 2.24) is 29.3 Å². The van der Waals surface area contributed by atoms with Crippen molar-refractivity contribution < 1.29 is 4.52 Å². The maximum Gasteiger partial charge on any atom is 0.262 e. The van der Waals surface area contributed by atoms with Crippen LogP contribution in [0.1, 0.15) is 38.9 Å². The fraction of sp³-hybridized carbons (Fsp3) is 0.421. The van der Waals surface area contributed by atoms with E-state index in [1.54, 1.807) is 4.57 Å². The summed E-state index contributed by atoms with van der Waals surface area (Å²) in [7, 11) is 0. The van der Waals surface area contributed by atoms with Gasteiger partial charge in [0.15, 0.2) is 11.0 Å². The van der Waals surface area contributed by atoms with Crippen molar-refractivity contribution in [1.29, 1.82) is 0 Å². The maximum absolute atomic E-state index is 12.9. The van der Waals surface area contributed by atoms with Crippen LogP contribution in [0.15, 0.2) is 38.7 Å². The zero-order chi connectivity index (χ0) is 19.7. The largest absolute Gasteiger partial charge is 0.339 e. The molecule has 0 aliphatic carbocycles. The molecule has 0 radical (unpaired) electrons. The highest BCUT2D eigenvalue weighted by Gasteiger charge is 2.17. The van der Waals surface area contributed by atoms with Gasteiger partial charge in [-0.2, -0.15) is 4.98 Å². The third-order valence-electron chi connectivity index (χ3n) is 4.35. The molecule has 4 rings (SSSR count). The van der Waals surface area contributed by atoms with E-state index in [1.807, 2.05) is 35.6 Å². The van der Waals surface area contributed by atoms with Crippen molar-refractivity contribution in [3.8, 4) is 0 Å². The molecule has 0 fully saturated rings. The molecule has 0 saturated carbocycles. The predicted octanol–water partition coefficient (Wildman–Crippen LogP) is 3.33. The summed E-state index contributed by atoms with van der Waals surface area (Å²) >= 11 is 1.48. The molecule has 0 saturated heterocycles. The maximum atomic E-state index is 12.9. The molecule has 4 aromatic rings. The first-order valence-electron chi connectivity index (χ1n) is 9.39. The average molecular weight is 398 g/mol. The summed E-state index contributed by atoms with van der Waals surface area (Å²) in [6.07, 6.45) is 1.60. The Hall–Kier alpha value is -2.68. The van der Waals surface area contributed by atoms with E-state index < -0.39 is 0 Å². The molecule has 0 bridgehead atoms. The number of thioether (sulfide) groups is 1. The number of aromatic nitrogens is 6. The van der Waals surface area contributed by atoms with Crippen molar-refractivity contribution in [2.45, 2.75) is 51.1 Å². The van der Waals surface area contributed by atoms with Crippen LogP contribution in [0.3, 0.4) is 0 Å². The summed E-state index contributed by atoms with van der Waals surface area (Å²) < 4.78 is 8.93. The number of rotatable bonds is 7. The molecule has 3 heterocycles. The van der Waals surface area contributed by atoms with E-state index in [-0.39, 0.29) is 5.56 Å². The van der Waals surface area contributed by atoms with E-state index in [0.717, 1.165) is 18.4 Å². The Labute approximate surface area is 166 Å². The van der Waals surface area contributed by atoms with E-state index in [1.165, 1.54) is 11.8 Å². The smallest absolute Gasteiger partial charge is 0.262 e. The Bertz CT molecular complexity index is 1180. The van der Waals surface area contributed by atoms with Gasteiger partial charge >= 0.3 is 0 Å². The molecule has 0 N–H and O–H groups in total. The molecule has 0 aliphatic heterocycles. The molecule has 146 valence electrons. The molecule has 8 nitrogen and oxygen atoms in total. The average Bonchev–Trinajstić information content (AvgIpc) is 3.30. The van der Waals surface area contributed by atoms with E-state index in [4.69, 9.17) is 4.52 Å². The number of fused-ring (bicyclic) bond motifs is 3. The minimum atomic E-state index is -0.0367. The predicted molar refractivity (Wildman–Crippen MR) is 107 cm³/mol. The third kappa shape index (κ3) is 3.42.